The molecule has 0 atom stereocenters. The fourth-order valence-corrected chi connectivity index (χ4v) is 1.91. The van der Waals surface area contributed by atoms with Gasteiger partial charge in [0.2, 0.25) is 5.24 Å². The van der Waals surface area contributed by atoms with Crippen molar-refractivity contribution in [3.63, 3.8) is 0 Å². The van der Waals surface area contributed by atoms with Gasteiger partial charge in [-0.05, 0) is 24.4 Å². The highest BCUT2D eigenvalue weighted by molar-refractivity contribution is 6.83. The summed E-state index contributed by atoms with van der Waals surface area (Å²) in [6.07, 6.45) is 1.79. The first-order valence-electron chi connectivity index (χ1n) is 6.25. The van der Waals surface area contributed by atoms with Crippen molar-refractivity contribution in [3.05, 3.63) is 12.2 Å². The summed E-state index contributed by atoms with van der Waals surface area (Å²) in [4.78, 5) is 22.0. The van der Waals surface area contributed by atoms with Crippen molar-refractivity contribution in [1.82, 2.24) is 0 Å². The van der Waals surface area contributed by atoms with Gasteiger partial charge in [0, 0.05) is 18.4 Å². The van der Waals surface area contributed by atoms with Crippen LogP contribution in [0.15, 0.2) is 12.2 Å². The standard InChI is InChI=1S/C14H21ClO3Si/c1-12(14(15)17)8-7-9-13(16)18-10-5-6-11-19(2,3)4/h1,5,7-10H2,2-4H3. The fourth-order valence-electron chi connectivity index (χ4n) is 1.16. The van der Waals surface area contributed by atoms with Crippen molar-refractivity contribution >= 4 is 30.9 Å². The number of ether oxygens (including phenoxy) is 1. The third kappa shape index (κ3) is 11.8. The van der Waals surface area contributed by atoms with Crippen LogP contribution in [0.1, 0.15) is 25.7 Å². The summed E-state index contributed by atoms with van der Waals surface area (Å²) >= 11 is 5.23. The molecule has 0 aliphatic carbocycles. The van der Waals surface area contributed by atoms with Crippen LogP contribution >= 0.6 is 11.6 Å². The SMILES string of the molecule is C=C(CCCC(=O)OCCC#C[Si](C)(C)C)C(=O)Cl. The maximum Gasteiger partial charge on any atom is 0.305 e. The minimum atomic E-state index is -1.33. The number of hydrogen-bond acceptors (Lipinski definition) is 3. The molecule has 0 spiro atoms. The van der Waals surface area contributed by atoms with E-state index in [0.717, 1.165) is 0 Å². The second-order valence-electron chi connectivity index (χ2n) is 5.25. The Hall–Kier alpha value is -1.05. The Morgan fingerprint density at radius 3 is 2.42 bits per heavy atom. The molecule has 0 bridgehead atoms. The zero-order chi connectivity index (χ0) is 14.9. The number of carbonyl (C=O) groups is 2. The van der Waals surface area contributed by atoms with E-state index in [1.165, 1.54) is 0 Å². The number of rotatable bonds is 7. The van der Waals surface area contributed by atoms with Crippen molar-refractivity contribution < 1.29 is 14.3 Å². The third-order valence-electron chi connectivity index (χ3n) is 2.09. The Morgan fingerprint density at radius 1 is 1.26 bits per heavy atom. The molecule has 0 aliphatic heterocycles. The second-order valence-corrected chi connectivity index (χ2v) is 10.3. The number of hydrogen-bond donors (Lipinski definition) is 0. The smallest absolute Gasteiger partial charge is 0.305 e. The molecule has 0 aromatic carbocycles. The monoisotopic (exact) mass is 300 g/mol. The van der Waals surface area contributed by atoms with Crippen LogP contribution in [-0.2, 0) is 14.3 Å². The van der Waals surface area contributed by atoms with Crippen LogP contribution in [0.25, 0.3) is 0 Å². The number of esters is 1. The van der Waals surface area contributed by atoms with E-state index in [1.54, 1.807) is 0 Å². The molecule has 0 aromatic rings. The summed E-state index contributed by atoms with van der Waals surface area (Å²) in [7, 11) is -1.33. The maximum atomic E-state index is 11.3. The normalized spacial score (nSPS) is 10.3. The van der Waals surface area contributed by atoms with Crippen LogP contribution in [-0.4, -0.2) is 25.9 Å². The van der Waals surface area contributed by atoms with Crippen molar-refractivity contribution in [1.29, 1.82) is 0 Å². The summed E-state index contributed by atoms with van der Waals surface area (Å²) in [6, 6.07) is 0. The van der Waals surface area contributed by atoms with Crippen LogP contribution < -0.4 is 0 Å². The van der Waals surface area contributed by atoms with E-state index >= 15 is 0 Å². The van der Waals surface area contributed by atoms with Crippen LogP contribution in [0.5, 0.6) is 0 Å². The number of halogens is 1. The molecule has 106 valence electrons. The van der Waals surface area contributed by atoms with E-state index in [9.17, 15) is 9.59 Å². The zero-order valence-electron chi connectivity index (χ0n) is 11.8. The summed E-state index contributed by atoms with van der Waals surface area (Å²) < 4.78 is 5.03. The number of allylic oxidation sites excluding steroid dienone is 1. The van der Waals surface area contributed by atoms with E-state index in [0.29, 0.717) is 31.4 Å². The zero-order valence-corrected chi connectivity index (χ0v) is 13.6. The molecule has 0 N–H and O–H groups in total. The van der Waals surface area contributed by atoms with E-state index in [1.807, 2.05) is 0 Å². The van der Waals surface area contributed by atoms with Crippen LogP contribution in [0.2, 0.25) is 19.6 Å². The topological polar surface area (TPSA) is 43.4 Å². The van der Waals surface area contributed by atoms with Crippen molar-refractivity contribution in [3.8, 4) is 11.5 Å². The third-order valence-corrected chi connectivity index (χ3v) is 3.28. The molecule has 0 rings (SSSR count). The molecule has 0 fully saturated rings. The van der Waals surface area contributed by atoms with E-state index < -0.39 is 13.3 Å². The molecule has 0 saturated heterocycles. The van der Waals surface area contributed by atoms with Gasteiger partial charge in [-0.15, -0.1) is 11.5 Å². The molecule has 0 aromatic heterocycles. The summed E-state index contributed by atoms with van der Waals surface area (Å²) in [5.74, 6) is 2.75. The highest BCUT2D eigenvalue weighted by atomic mass is 35.5. The Morgan fingerprint density at radius 2 is 1.89 bits per heavy atom. The summed E-state index contributed by atoms with van der Waals surface area (Å²) in [5, 5.41) is -0.546. The molecule has 0 unspecified atom stereocenters. The number of carbonyl (C=O) groups excluding carboxylic acids is 2. The van der Waals surface area contributed by atoms with Gasteiger partial charge < -0.3 is 4.74 Å². The highest BCUT2D eigenvalue weighted by Gasteiger charge is 2.08. The molecule has 3 nitrogen and oxygen atoms in total. The predicted octanol–water partition coefficient (Wildman–Crippen LogP) is 3.29. The van der Waals surface area contributed by atoms with Gasteiger partial charge in [-0.1, -0.05) is 26.2 Å². The maximum absolute atomic E-state index is 11.3. The lowest BCUT2D eigenvalue weighted by Gasteiger charge is -2.04. The van der Waals surface area contributed by atoms with Gasteiger partial charge in [-0.3, -0.25) is 9.59 Å². The highest BCUT2D eigenvalue weighted by Crippen LogP contribution is 2.09. The van der Waals surface area contributed by atoms with Gasteiger partial charge in [0.25, 0.3) is 0 Å². The molecule has 0 heterocycles. The molecular formula is C14H21ClO3Si. The minimum Gasteiger partial charge on any atom is -0.465 e. The quantitative estimate of drug-likeness (QED) is 0.181. The molecule has 0 radical (unpaired) electrons. The first-order valence-corrected chi connectivity index (χ1v) is 10.1. The predicted molar refractivity (Wildman–Crippen MR) is 80.5 cm³/mol. The summed E-state index contributed by atoms with van der Waals surface area (Å²) in [5.41, 5.74) is 3.53. The Balaban J connectivity index is 3.68. The largest absolute Gasteiger partial charge is 0.465 e. The van der Waals surface area contributed by atoms with Crippen LogP contribution in [0.4, 0.5) is 0 Å². The van der Waals surface area contributed by atoms with Gasteiger partial charge in [0.05, 0.1) is 0 Å². The molecule has 0 amide bonds. The van der Waals surface area contributed by atoms with Gasteiger partial charge >= 0.3 is 5.97 Å². The average molecular weight is 301 g/mol. The van der Waals surface area contributed by atoms with Crippen LogP contribution in [0, 0.1) is 11.5 Å². The fraction of sp³-hybridized carbons (Fsp3) is 0.571. The van der Waals surface area contributed by atoms with E-state index in [-0.39, 0.29) is 12.4 Å². The van der Waals surface area contributed by atoms with E-state index in [4.69, 9.17) is 16.3 Å². The lowest BCUT2D eigenvalue weighted by molar-refractivity contribution is -0.143. The lowest BCUT2D eigenvalue weighted by Crippen LogP contribution is -2.16. The lowest BCUT2D eigenvalue weighted by atomic mass is 10.1. The van der Waals surface area contributed by atoms with Crippen molar-refractivity contribution in [2.24, 2.45) is 0 Å². The van der Waals surface area contributed by atoms with Crippen molar-refractivity contribution in [2.45, 2.75) is 45.3 Å². The van der Waals surface area contributed by atoms with Gasteiger partial charge in [0.1, 0.15) is 14.7 Å². The minimum absolute atomic E-state index is 0.268. The Bertz CT molecular complexity index is 399. The second kappa shape index (κ2) is 8.95. The average Bonchev–Trinajstić information content (AvgIpc) is 2.26. The first kappa shape index (κ1) is 17.9. The van der Waals surface area contributed by atoms with Crippen LogP contribution in [0.3, 0.4) is 0 Å². The van der Waals surface area contributed by atoms with Crippen molar-refractivity contribution in [2.75, 3.05) is 6.61 Å². The molecule has 5 heteroatoms. The van der Waals surface area contributed by atoms with Gasteiger partial charge in [-0.2, -0.15) is 0 Å². The molecule has 0 saturated carbocycles. The molecular weight excluding hydrogens is 280 g/mol. The van der Waals surface area contributed by atoms with Gasteiger partial charge in [-0.25, -0.2) is 0 Å². The summed E-state index contributed by atoms with van der Waals surface area (Å²) in [6.45, 7) is 10.3. The molecule has 0 aliphatic rings. The van der Waals surface area contributed by atoms with E-state index in [2.05, 4.69) is 37.7 Å². The van der Waals surface area contributed by atoms with Gasteiger partial charge in [0.15, 0.2) is 0 Å². The Kier molecular flexibility index (Phi) is 8.45. The Labute approximate surface area is 121 Å². The molecule has 19 heavy (non-hydrogen) atoms. The first-order chi connectivity index (χ1) is 8.72.